The standard InChI is InChI=1S/C19H19.2CH3.Hf/c1-14-12-18-11-10-17(19(18)13-15(14)2)9-8-16-6-4-3-5-7-16;;;/h3-7,10-13H,8-9H2,1-2H3;2*1H3;/q3*-1;. The van der Waals surface area contributed by atoms with Gasteiger partial charge in [-0.3, -0.25) is 0 Å². The van der Waals surface area contributed by atoms with Crippen LogP contribution in [0, 0.1) is 28.7 Å². The maximum absolute atomic E-state index is 2.34. The summed E-state index contributed by atoms with van der Waals surface area (Å²) in [7, 11) is 0. The van der Waals surface area contributed by atoms with Gasteiger partial charge in [0.25, 0.3) is 0 Å². The second kappa shape index (κ2) is 9.15. The second-order valence-electron chi connectivity index (χ2n) is 5.37. The van der Waals surface area contributed by atoms with Gasteiger partial charge < -0.3 is 14.9 Å². The second-order valence-corrected chi connectivity index (χ2v) is 5.37. The zero-order chi connectivity index (χ0) is 13.2. The Morgan fingerprint density at radius 2 is 1.50 bits per heavy atom. The number of hydrogen-bond acceptors (Lipinski definition) is 0. The Morgan fingerprint density at radius 3 is 2.18 bits per heavy atom. The molecule has 0 saturated carbocycles. The molecule has 0 spiro atoms. The molecule has 0 radical (unpaired) electrons. The van der Waals surface area contributed by atoms with E-state index in [4.69, 9.17) is 0 Å². The van der Waals surface area contributed by atoms with Crippen molar-refractivity contribution in [1.29, 1.82) is 0 Å². The molecule has 0 saturated heterocycles. The normalized spacial score (nSPS) is 9.55. The minimum absolute atomic E-state index is 0. The predicted octanol–water partition coefficient (Wildman–Crippen LogP) is 5.86. The largest absolute Gasteiger partial charge is 0.358 e. The first-order chi connectivity index (χ1) is 9.24. The molecule has 0 amide bonds. The van der Waals surface area contributed by atoms with Crippen LogP contribution in [0.2, 0.25) is 0 Å². The monoisotopic (exact) mass is 457 g/mol. The molecule has 0 atom stereocenters. The summed E-state index contributed by atoms with van der Waals surface area (Å²) < 4.78 is 0. The van der Waals surface area contributed by atoms with Gasteiger partial charge in [0.15, 0.2) is 0 Å². The molecule has 0 bridgehead atoms. The fourth-order valence-electron chi connectivity index (χ4n) is 2.68. The molecule has 0 aliphatic carbocycles. The Kier molecular flexibility index (Phi) is 8.70. The van der Waals surface area contributed by atoms with E-state index in [1.54, 1.807) is 0 Å². The van der Waals surface area contributed by atoms with E-state index in [0.717, 1.165) is 12.8 Å². The Bertz CT molecular complexity index is 693. The Balaban J connectivity index is 0.00000147. The van der Waals surface area contributed by atoms with Crippen LogP contribution in [0.1, 0.15) is 22.3 Å². The Hall–Kier alpha value is -1.08. The van der Waals surface area contributed by atoms with Gasteiger partial charge in [-0.15, -0.1) is 34.5 Å². The molecule has 3 aromatic rings. The molecular formula is C21H25Hf-3. The Labute approximate surface area is 154 Å². The van der Waals surface area contributed by atoms with Crippen molar-refractivity contribution in [1.82, 2.24) is 0 Å². The molecule has 0 fully saturated rings. The van der Waals surface area contributed by atoms with Gasteiger partial charge in [-0.2, -0.15) is 6.07 Å². The van der Waals surface area contributed by atoms with Gasteiger partial charge in [-0.25, -0.2) is 0 Å². The van der Waals surface area contributed by atoms with Crippen LogP contribution in [0.25, 0.3) is 10.8 Å². The number of aryl methyl sites for hydroxylation is 4. The molecular weight excluding hydrogens is 431 g/mol. The first-order valence-electron chi connectivity index (χ1n) is 6.93. The summed E-state index contributed by atoms with van der Waals surface area (Å²) >= 11 is 0. The van der Waals surface area contributed by atoms with Gasteiger partial charge in [0.2, 0.25) is 0 Å². The molecule has 116 valence electrons. The van der Waals surface area contributed by atoms with Crippen molar-refractivity contribution in [3.05, 3.63) is 91.7 Å². The maximum atomic E-state index is 2.34. The summed E-state index contributed by atoms with van der Waals surface area (Å²) in [6.45, 7) is 4.38. The summed E-state index contributed by atoms with van der Waals surface area (Å²) in [6, 6.07) is 19.9. The Morgan fingerprint density at radius 1 is 0.864 bits per heavy atom. The van der Waals surface area contributed by atoms with E-state index in [9.17, 15) is 0 Å². The van der Waals surface area contributed by atoms with Crippen molar-refractivity contribution in [3.8, 4) is 0 Å². The van der Waals surface area contributed by atoms with Gasteiger partial charge in [0.05, 0.1) is 0 Å². The molecule has 0 heterocycles. The first kappa shape index (κ1) is 20.9. The fourth-order valence-corrected chi connectivity index (χ4v) is 2.68. The van der Waals surface area contributed by atoms with E-state index in [0.29, 0.717) is 0 Å². The van der Waals surface area contributed by atoms with E-state index in [-0.39, 0.29) is 40.7 Å². The van der Waals surface area contributed by atoms with Crippen LogP contribution in [0.3, 0.4) is 0 Å². The van der Waals surface area contributed by atoms with E-state index in [1.165, 1.54) is 33.0 Å². The quantitative estimate of drug-likeness (QED) is 0.343. The molecule has 0 N–H and O–H groups in total. The zero-order valence-electron chi connectivity index (χ0n) is 14.1. The third-order valence-corrected chi connectivity index (χ3v) is 4.00. The summed E-state index contributed by atoms with van der Waals surface area (Å²) in [5.74, 6) is 0. The molecule has 0 aliphatic heterocycles. The molecule has 1 heteroatoms. The summed E-state index contributed by atoms with van der Waals surface area (Å²) in [6.07, 6.45) is 2.24. The molecule has 0 aliphatic rings. The predicted molar refractivity (Wildman–Crippen MR) is 95.7 cm³/mol. The third kappa shape index (κ3) is 4.46. The van der Waals surface area contributed by atoms with Crippen molar-refractivity contribution in [2.24, 2.45) is 0 Å². The number of fused-ring (bicyclic) bond motifs is 1. The SMILES string of the molecule is Cc1cc2cc[c-](CCc3ccccc3)c2cc1C.[CH3-].[CH3-].[Hf]. The molecule has 0 unspecified atom stereocenters. The molecule has 0 nitrogen and oxygen atoms in total. The van der Waals surface area contributed by atoms with Crippen molar-refractivity contribution >= 4 is 10.8 Å². The van der Waals surface area contributed by atoms with Crippen LogP contribution >= 0.6 is 0 Å². The van der Waals surface area contributed by atoms with E-state index in [2.05, 4.69) is 68.4 Å². The molecule has 22 heavy (non-hydrogen) atoms. The van der Waals surface area contributed by atoms with Crippen molar-refractivity contribution in [3.63, 3.8) is 0 Å². The average Bonchev–Trinajstić information content (AvgIpc) is 2.80. The maximum Gasteiger partial charge on any atom is 0 e. The van der Waals surface area contributed by atoms with Gasteiger partial charge in [0.1, 0.15) is 0 Å². The van der Waals surface area contributed by atoms with Crippen LogP contribution in [0.5, 0.6) is 0 Å². The fraction of sp³-hybridized carbons (Fsp3) is 0.190. The average molecular weight is 456 g/mol. The van der Waals surface area contributed by atoms with E-state index < -0.39 is 0 Å². The molecule has 3 aromatic carbocycles. The van der Waals surface area contributed by atoms with Crippen LogP contribution in [-0.4, -0.2) is 0 Å². The minimum atomic E-state index is 0. The smallest absolute Gasteiger partial charge is 0 e. The number of benzene rings is 2. The van der Waals surface area contributed by atoms with Crippen LogP contribution in [0.4, 0.5) is 0 Å². The first-order valence-corrected chi connectivity index (χ1v) is 6.93. The van der Waals surface area contributed by atoms with Crippen molar-refractivity contribution in [2.75, 3.05) is 0 Å². The zero-order valence-corrected chi connectivity index (χ0v) is 17.7. The molecule has 3 rings (SSSR count). The van der Waals surface area contributed by atoms with Crippen LogP contribution in [-0.2, 0) is 38.7 Å². The number of rotatable bonds is 3. The van der Waals surface area contributed by atoms with Gasteiger partial charge in [0, 0.05) is 25.8 Å². The van der Waals surface area contributed by atoms with Crippen LogP contribution in [0.15, 0.2) is 54.6 Å². The summed E-state index contributed by atoms with van der Waals surface area (Å²) in [5.41, 5.74) is 5.66. The summed E-state index contributed by atoms with van der Waals surface area (Å²) in [5, 5.41) is 2.81. The van der Waals surface area contributed by atoms with Crippen molar-refractivity contribution in [2.45, 2.75) is 26.7 Å². The summed E-state index contributed by atoms with van der Waals surface area (Å²) in [4.78, 5) is 0. The van der Waals surface area contributed by atoms with E-state index in [1.807, 2.05) is 0 Å². The van der Waals surface area contributed by atoms with Gasteiger partial charge in [-0.1, -0.05) is 47.9 Å². The van der Waals surface area contributed by atoms with E-state index >= 15 is 0 Å². The molecule has 0 aromatic heterocycles. The van der Waals surface area contributed by atoms with Gasteiger partial charge >= 0.3 is 0 Å². The third-order valence-electron chi connectivity index (χ3n) is 4.00. The van der Waals surface area contributed by atoms with Gasteiger partial charge in [-0.05, 0) is 25.8 Å². The minimum Gasteiger partial charge on any atom is -0.358 e. The van der Waals surface area contributed by atoms with Crippen molar-refractivity contribution < 1.29 is 25.8 Å². The topological polar surface area (TPSA) is 0 Å². The number of hydrogen-bond donors (Lipinski definition) is 0. The van der Waals surface area contributed by atoms with Crippen LogP contribution < -0.4 is 0 Å².